The first-order valence-electron chi connectivity index (χ1n) is 8.54. The molecule has 1 aromatic heterocycles. The maximum atomic E-state index is 13.0. The van der Waals surface area contributed by atoms with Crippen molar-refractivity contribution in [1.82, 2.24) is 0 Å². The smallest absolute Gasteiger partial charge is 0.239 e. The third kappa shape index (κ3) is 3.51. The van der Waals surface area contributed by atoms with Crippen LogP contribution in [-0.2, 0) is 0 Å². The summed E-state index contributed by atoms with van der Waals surface area (Å²) in [6.07, 6.45) is 0.610. The van der Waals surface area contributed by atoms with E-state index in [9.17, 15) is 35.0 Å². The molecule has 0 atom stereocenters. The van der Waals surface area contributed by atoms with Crippen LogP contribution in [0.1, 0.15) is 12.8 Å². The molecule has 0 amide bonds. The molecule has 0 unspecified atom stereocenters. The Hall–Kier alpha value is -3.13. The van der Waals surface area contributed by atoms with Gasteiger partial charge in [0.25, 0.3) is 0 Å². The summed E-state index contributed by atoms with van der Waals surface area (Å²) in [5.74, 6) is -2.33. The van der Waals surface area contributed by atoms with Crippen molar-refractivity contribution in [2.75, 3.05) is 6.35 Å². The fourth-order valence-corrected chi connectivity index (χ4v) is 4.23. The van der Waals surface area contributed by atoms with Crippen molar-refractivity contribution < 1.29 is 39.4 Å². The van der Waals surface area contributed by atoms with Crippen molar-refractivity contribution in [3.63, 3.8) is 0 Å². The first-order valence-corrected chi connectivity index (χ1v) is 10.4. The number of hydrogen-bond acceptors (Lipinski definition) is 9. The van der Waals surface area contributed by atoms with Crippen LogP contribution >= 0.6 is 7.34 Å². The molecule has 1 fully saturated rings. The Morgan fingerprint density at radius 3 is 2.34 bits per heavy atom. The van der Waals surface area contributed by atoms with E-state index in [0.717, 1.165) is 18.2 Å². The molecular formula is C19H17O9P. The van der Waals surface area contributed by atoms with E-state index in [1.54, 1.807) is 0 Å². The number of phenolic OH excluding ortho intramolecular Hbond substituents is 4. The number of rotatable bonds is 4. The lowest BCUT2D eigenvalue weighted by molar-refractivity contribution is 0.336. The van der Waals surface area contributed by atoms with Gasteiger partial charge in [0.1, 0.15) is 22.5 Å². The maximum absolute atomic E-state index is 13.0. The second kappa shape index (κ2) is 6.73. The monoisotopic (exact) mass is 420 g/mol. The highest BCUT2D eigenvalue weighted by Gasteiger charge is 2.28. The topological polar surface area (TPSA) is 161 Å². The Kier molecular flexibility index (Phi) is 4.46. The third-order valence-corrected chi connectivity index (χ3v) is 6.47. The van der Waals surface area contributed by atoms with E-state index in [1.807, 2.05) is 0 Å². The third-order valence-electron chi connectivity index (χ3n) is 4.52. The first kappa shape index (κ1) is 19.2. The number of hydrogen-bond donors (Lipinski definition) is 6. The molecule has 1 aliphatic rings. The van der Waals surface area contributed by atoms with Crippen LogP contribution in [0.3, 0.4) is 0 Å². The minimum Gasteiger partial charge on any atom is -0.508 e. The molecule has 2 aromatic carbocycles. The zero-order chi connectivity index (χ0) is 20.9. The van der Waals surface area contributed by atoms with Crippen molar-refractivity contribution in [3.05, 3.63) is 40.6 Å². The van der Waals surface area contributed by atoms with Crippen LogP contribution in [0.2, 0.25) is 0 Å². The molecule has 152 valence electrons. The van der Waals surface area contributed by atoms with Crippen molar-refractivity contribution in [1.29, 1.82) is 0 Å². The molecule has 0 radical (unpaired) electrons. The quantitative estimate of drug-likeness (QED) is 0.275. The number of phenols is 4. The van der Waals surface area contributed by atoms with Gasteiger partial charge in [0, 0.05) is 17.7 Å². The lowest BCUT2D eigenvalue weighted by Gasteiger charge is -2.16. The van der Waals surface area contributed by atoms with Crippen molar-refractivity contribution in [3.8, 4) is 40.1 Å². The minimum absolute atomic E-state index is 0.145. The summed E-state index contributed by atoms with van der Waals surface area (Å²) in [5, 5.41) is 39.4. The zero-order valence-corrected chi connectivity index (χ0v) is 15.8. The molecule has 10 heteroatoms. The van der Waals surface area contributed by atoms with E-state index in [1.165, 1.54) is 12.1 Å². The highest BCUT2D eigenvalue weighted by atomic mass is 31.2. The Labute approximate surface area is 163 Å². The lowest BCUT2D eigenvalue weighted by Crippen LogP contribution is -2.12. The molecule has 1 aliphatic carbocycles. The van der Waals surface area contributed by atoms with Gasteiger partial charge in [-0.2, -0.15) is 0 Å². The Balaban J connectivity index is 1.94. The van der Waals surface area contributed by atoms with Crippen LogP contribution in [-0.4, -0.2) is 41.9 Å². The molecule has 6 N–H and O–H groups in total. The Morgan fingerprint density at radius 1 is 0.966 bits per heavy atom. The molecule has 4 rings (SSSR count). The largest absolute Gasteiger partial charge is 0.508 e. The van der Waals surface area contributed by atoms with E-state index < -0.39 is 42.1 Å². The van der Waals surface area contributed by atoms with Crippen LogP contribution < -0.4 is 10.2 Å². The zero-order valence-electron chi connectivity index (χ0n) is 14.9. The van der Waals surface area contributed by atoms with E-state index in [2.05, 4.69) is 0 Å². The molecular weight excluding hydrogens is 403 g/mol. The van der Waals surface area contributed by atoms with Gasteiger partial charge in [0.05, 0.1) is 0 Å². The number of ether oxygens (including phenoxy) is 1. The van der Waals surface area contributed by atoms with E-state index in [-0.39, 0.29) is 28.0 Å². The lowest BCUT2D eigenvalue weighted by atomic mass is 10.1. The molecule has 0 aliphatic heterocycles. The highest BCUT2D eigenvalue weighted by Crippen LogP contribution is 2.48. The highest BCUT2D eigenvalue weighted by molar-refractivity contribution is 7.66. The van der Waals surface area contributed by atoms with Crippen LogP contribution in [0.5, 0.6) is 28.7 Å². The summed E-state index contributed by atoms with van der Waals surface area (Å²) in [5.41, 5.74) is -0.795. The average Bonchev–Trinajstić information content (AvgIpc) is 3.48. The Bertz CT molecular complexity index is 1250. The number of benzene rings is 2. The van der Waals surface area contributed by atoms with Crippen LogP contribution in [0.25, 0.3) is 22.3 Å². The van der Waals surface area contributed by atoms with Gasteiger partial charge in [-0.1, -0.05) is 0 Å². The van der Waals surface area contributed by atoms with Crippen molar-refractivity contribution in [2.45, 2.75) is 12.8 Å². The van der Waals surface area contributed by atoms with Gasteiger partial charge in [-0.05, 0) is 36.3 Å². The minimum atomic E-state index is -3.48. The molecule has 29 heavy (non-hydrogen) atoms. The summed E-state index contributed by atoms with van der Waals surface area (Å²) < 4.78 is 11.1. The summed E-state index contributed by atoms with van der Waals surface area (Å²) in [4.78, 5) is 33.4. The van der Waals surface area contributed by atoms with Crippen LogP contribution in [0.4, 0.5) is 0 Å². The summed E-state index contributed by atoms with van der Waals surface area (Å²) >= 11 is 0. The Morgan fingerprint density at radius 2 is 1.69 bits per heavy atom. The predicted octanol–water partition coefficient (Wildman–Crippen LogP) is 2.42. The predicted molar refractivity (Wildman–Crippen MR) is 106 cm³/mol. The second-order valence-corrected chi connectivity index (χ2v) is 9.05. The summed E-state index contributed by atoms with van der Waals surface area (Å²) in [6.45, 7) is 0. The number of fused-ring (bicyclic) bond motifs is 1. The maximum Gasteiger partial charge on any atom is 0.239 e. The van der Waals surface area contributed by atoms with Gasteiger partial charge < -0.3 is 39.4 Å². The average molecular weight is 420 g/mol. The second-order valence-electron chi connectivity index (χ2n) is 6.70. The first-order chi connectivity index (χ1) is 13.7. The van der Waals surface area contributed by atoms with Gasteiger partial charge in [-0.15, -0.1) is 0 Å². The normalized spacial score (nSPS) is 13.7. The summed E-state index contributed by atoms with van der Waals surface area (Å²) in [6, 6.07) is 5.74. The number of aromatic hydroxyl groups is 4. The fourth-order valence-electron chi connectivity index (χ4n) is 2.91. The standard InChI is InChI=1S/C19H17O9P/c20-10-6-14(23)16-15(7-10)28-18(9-1-4-12(21)13(22)5-9)19(17(16)24)27-8-29(25,26)11-2-3-11/h1,4-7,20-23,25-26H,2-3,8H2. The van der Waals surface area contributed by atoms with E-state index in [4.69, 9.17) is 9.15 Å². The van der Waals surface area contributed by atoms with Gasteiger partial charge in [0.2, 0.25) is 11.2 Å². The molecule has 9 nitrogen and oxygen atoms in total. The van der Waals surface area contributed by atoms with Crippen molar-refractivity contribution in [2.24, 2.45) is 0 Å². The molecule has 0 bridgehead atoms. The van der Waals surface area contributed by atoms with Gasteiger partial charge in [-0.25, -0.2) is 0 Å². The van der Waals surface area contributed by atoms with Crippen LogP contribution in [0.15, 0.2) is 39.5 Å². The van der Waals surface area contributed by atoms with E-state index in [0.29, 0.717) is 18.1 Å². The molecule has 3 aromatic rings. The SMILES string of the molecule is O=c1c(OCP(O)(O)=C2CC2)c(-c2ccc(O)c(O)c2)oc2cc(O)cc(O)c12. The molecule has 1 heterocycles. The van der Waals surface area contributed by atoms with Gasteiger partial charge in [-0.3, -0.25) is 4.79 Å². The van der Waals surface area contributed by atoms with E-state index >= 15 is 0 Å². The molecule has 0 spiro atoms. The van der Waals surface area contributed by atoms with Gasteiger partial charge in [0.15, 0.2) is 30.9 Å². The van der Waals surface area contributed by atoms with Crippen molar-refractivity contribution >= 4 is 23.6 Å². The summed E-state index contributed by atoms with van der Waals surface area (Å²) in [7, 11) is -3.48. The fraction of sp³-hybridized carbons (Fsp3) is 0.158. The molecule has 0 saturated heterocycles. The van der Waals surface area contributed by atoms with Crippen LogP contribution in [0, 0.1) is 0 Å². The van der Waals surface area contributed by atoms with Gasteiger partial charge >= 0.3 is 0 Å². The molecule has 1 saturated carbocycles.